The van der Waals surface area contributed by atoms with E-state index in [9.17, 15) is 9.90 Å². The Morgan fingerprint density at radius 2 is 1.85 bits per heavy atom. The number of β-amino-alcohol motifs (C(OH)–C–C–N with tert-alkyl or cyclic N) is 1. The van der Waals surface area contributed by atoms with E-state index in [2.05, 4.69) is 0 Å². The lowest BCUT2D eigenvalue weighted by Crippen LogP contribution is -2.61. The van der Waals surface area contributed by atoms with E-state index in [1.165, 1.54) is 0 Å². The minimum Gasteiger partial charge on any atom is -0.490 e. The number of hydrogen-bond donors (Lipinski definition) is 1. The molecule has 0 aliphatic carbocycles. The second-order valence-electron chi connectivity index (χ2n) is 5.19. The van der Waals surface area contributed by atoms with Crippen molar-refractivity contribution in [3.05, 3.63) is 23.8 Å². The van der Waals surface area contributed by atoms with Gasteiger partial charge < -0.3 is 19.5 Å². The maximum Gasteiger partial charge on any atom is 0.254 e. The van der Waals surface area contributed by atoms with Crippen molar-refractivity contribution < 1.29 is 19.4 Å². The van der Waals surface area contributed by atoms with Gasteiger partial charge in [-0.15, -0.1) is 0 Å². The van der Waals surface area contributed by atoms with E-state index < -0.39 is 5.60 Å². The molecule has 5 nitrogen and oxygen atoms in total. The Kier molecular flexibility index (Phi) is 4.18. The van der Waals surface area contributed by atoms with Gasteiger partial charge in [0.2, 0.25) is 0 Å². The van der Waals surface area contributed by atoms with Crippen molar-refractivity contribution in [1.82, 2.24) is 4.90 Å². The zero-order valence-electron chi connectivity index (χ0n) is 12.2. The molecule has 1 aliphatic rings. The highest BCUT2D eigenvalue weighted by molar-refractivity contribution is 5.95. The van der Waals surface area contributed by atoms with Crippen LogP contribution in [0.3, 0.4) is 0 Å². The molecule has 0 spiro atoms. The summed E-state index contributed by atoms with van der Waals surface area (Å²) in [5, 5.41) is 9.69. The van der Waals surface area contributed by atoms with Gasteiger partial charge in [-0.1, -0.05) is 0 Å². The average Bonchev–Trinajstić information content (AvgIpc) is 2.37. The van der Waals surface area contributed by atoms with Crippen LogP contribution in [-0.2, 0) is 0 Å². The number of benzene rings is 1. The molecule has 0 aromatic heterocycles. The lowest BCUT2D eigenvalue weighted by Gasteiger charge is -2.44. The molecular weight excluding hydrogens is 258 g/mol. The van der Waals surface area contributed by atoms with E-state index >= 15 is 0 Å². The number of nitrogens with zero attached hydrogens (tertiary/aromatic N) is 1. The van der Waals surface area contributed by atoms with Gasteiger partial charge in [0, 0.05) is 5.56 Å². The molecule has 1 N–H and O–H groups in total. The molecule has 0 saturated carbocycles. The second-order valence-corrected chi connectivity index (χ2v) is 5.19. The van der Waals surface area contributed by atoms with Crippen molar-refractivity contribution in [3.63, 3.8) is 0 Å². The third-order valence-electron chi connectivity index (χ3n) is 3.14. The van der Waals surface area contributed by atoms with Crippen LogP contribution in [0.1, 0.15) is 31.1 Å². The molecule has 110 valence electrons. The molecule has 1 aromatic rings. The molecule has 1 aliphatic heterocycles. The fraction of sp³-hybridized carbons (Fsp3) is 0.533. The molecule has 20 heavy (non-hydrogen) atoms. The van der Waals surface area contributed by atoms with Gasteiger partial charge in [-0.25, -0.2) is 0 Å². The summed E-state index contributed by atoms with van der Waals surface area (Å²) in [7, 11) is 0. The molecule has 0 atom stereocenters. The predicted molar refractivity (Wildman–Crippen MR) is 75.3 cm³/mol. The van der Waals surface area contributed by atoms with Gasteiger partial charge in [-0.3, -0.25) is 4.79 Å². The first-order chi connectivity index (χ1) is 9.46. The minimum atomic E-state index is -0.760. The minimum absolute atomic E-state index is 0.0967. The fourth-order valence-electron chi connectivity index (χ4n) is 2.29. The second kappa shape index (κ2) is 5.71. The molecule has 1 heterocycles. The van der Waals surface area contributed by atoms with Crippen LogP contribution in [0.4, 0.5) is 0 Å². The Morgan fingerprint density at radius 1 is 1.25 bits per heavy atom. The van der Waals surface area contributed by atoms with Crippen LogP contribution in [-0.4, -0.2) is 47.8 Å². The quantitative estimate of drug-likeness (QED) is 0.891. The number of carbonyl (C=O) groups is 1. The zero-order valence-corrected chi connectivity index (χ0v) is 12.2. The smallest absolute Gasteiger partial charge is 0.254 e. The number of ether oxygens (including phenoxy) is 2. The molecule has 5 heteroatoms. The van der Waals surface area contributed by atoms with Gasteiger partial charge in [0.1, 0.15) is 0 Å². The third kappa shape index (κ3) is 3.04. The highest BCUT2D eigenvalue weighted by Gasteiger charge is 2.39. The Morgan fingerprint density at radius 3 is 2.40 bits per heavy atom. The van der Waals surface area contributed by atoms with Gasteiger partial charge >= 0.3 is 0 Å². The van der Waals surface area contributed by atoms with Crippen LogP contribution in [0.25, 0.3) is 0 Å². The van der Waals surface area contributed by atoms with Gasteiger partial charge in [0.25, 0.3) is 5.91 Å². The van der Waals surface area contributed by atoms with E-state index in [-0.39, 0.29) is 5.91 Å². The molecule has 1 saturated heterocycles. The van der Waals surface area contributed by atoms with Gasteiger partial charge in [-0.2, -0.15) is 0 Å². The average molecular weight is 279 g/mol. The zero-order chi connectivity index (χ0) is 14.8. The monoisotopic (exact) mass is 279 g/mol. The van der Waals surface area contributed by atoms with Crippen LogP contribution in [0, 0.1) is 0 Å². The van der Waals surface area contributed by atoms with Crippen molar-refractivity contribution >= 4 is 5.91 Å². The van der Waals surface area contributed by atoms with E-state index in [0.717, 1.165) is 0 Å². The Hall–Kier alpha value is -1.75. The maximum absolute atomic E-state index is 12.3. The van der Waals surface area contributed by atoms with E-state index in [0.29, 0.717) is 43.4 Å². The summed E-state index contributed by atoms with van der Waals surface area (Å²) in [5.74, 6) is 1.12. The lowest BCUT2D eigenvalue weighted by atomic mass is 9.96. The maximum atomic E-state index is 12.3. The summed E-state index contributed by atoms with van der Waals surface area (Å²) in [6.07, 6.45) is 0. The van der Waals surface area contributed by atoms with Crippen LogP contribution in [0.2, 0.25) is 0 Å². The number of carbonyl (C=O) groups excluding carboxylic acids is 1. The van der Waals surface area contributed by atoms with Crippen LogP contribution < -0.4 is 9.47 Å². The van der Waals surface area contributed by atoms with E-state index in [1.807, 2.05) is 13.8 Å². The number of aliphatic hydroxyl groups is 1. The summed E-state index contributed by atoms with van der Waals surface area (Å²) in [6, 6.07) is 5.17. The first-order valence-corrected chi connectivity index (χ1v) is 6.88. The summed E-state index contributed by atoms with van der Waals surface area (Å²) in [5.41, 5.74) is -0.212. The number of likely N-dealkylation sites (tertiary alicyclic amines) is 1. The molecule has 1 fully saturated rings. The number of amides is 1. The van der Waals surface area contributed by atoms with E-state index in [4.69, 9.17) is 9.47 Å². The molecule has 1 aromatic carbocycles. The van der Waals surface area contributed by atoms with Crippen LogP contribution in [0.5, 0.6) is 11.5 Å². The van der Waals surface area contributed by atoms with Gasteiger partial charge in [0.05, 0.1) is 31.9 Å². The van der Waals surface area contributed by atoms with E-state index in [1.54, 1.807) is 30.0 Å². The summed E-state index contributed by atoms with van der Waals surface area (Å²) >= 11 is 0. The number of rotatable bonds is 5. The largest absolute Gasteiger partial charge is 0.490 e. The van der Waals surface area contributed by atoms with Crippen molar-refractivity contribution in [2.45, 2.75) is 26.4 Å². The SMILES string of the molecule is CCOc1ccc(C(=O)N2CC(C)(O)C2)cc1OCC. The lowest BCUT2D eigenvalue weighted by molar-refractivity contribution is -0.0668. The van der Waals surface area contributed by atoms with Gasteiger partial charge in [0.15, 0.2) is 11.5 Å². The molecule has 1 amide bonds. The van der Waals surface area contributed by atoms with Gasteiger partial charge in [-0.05, 0) is 39.0 Å². The van der Waals surface area contributed by atoms with Crippen LogP contribution >= 0.6 is 0 Å². The molecule has 0 radical (unpaired) electrons. The predicted octanol–water partition coefficient (Wildman–Crippen LogP) is 1.69. The Labute approximate surface area is 119 Å². The standard InChI is InChI=1S/C15H21NO4/c1-4-19-12-7-6-11(8-13(12)20-5-2)14(17)16-9-15(3,18)10-16/h6-8,18H,4-5,9-10H2,1-3H3. The van der Waals surface area contributed by atoms with Crippen molar-refractivity contribution in [1.29, 1.82) is 0 Å². The highest BCUT2D eigenvalue weighted by Crippen LogP contribution is 2.30. The van der Waals surface area contributed by atoms with Crippen molar-refractivity contribution in [3.8, 4) is 11.5 Å². The van der Waals surface area contributed by atoms with Crippen molar-refractivity contribution in [2.75, 3.05) is 26.3 Å². The van der Waals surface area contributed by atoms with Crippen LogP contribution in [0.15, 0.2) is 18.2 Å². The van der Waals surface area contributed by atoms with Crippen molar-refractivity contribution in [2.24, 2.45) is 0 Å². The normalized spacial score (nSPS) is 16.5. The molecule has 0 bridgehead atoms. The summed E-state index contributed by atoms with van der Waals surface area (Å²) in [6.45, 7) is 7.29. The molecular formula is C15H21NO4. The molecule has 2 rings (SSSR count). The third-order valence-corrected chi connectivity index (χ3v) is 3.14. The first kappa shape index (κ1) is 14.7. The fourth-order valence-corrected chi connectivity index (χ4v) is 2.29. The Bertz CT molecular complexity index is 491. The topological polar surface area (TPSA) is 59.0 Å². The molecule has 0 unspecified atom stereocenters. The highest BCUT2D eigenvalue weighted by atomic mass is 16.5. The summed E-state index contributed by atoms with van der Waals surface area (Å²) < 4.78 is 11.0. The number of hydrogen-bond acceptors (Lipinski definition) is 4. The Balaban J connectivity index is 2.16. The summed E-state index contributed by atoms with van der Waals surface area (Å²) in [4.78, 5) is 13.9. The first-order valence-electron chi connectivity index (χ1n) is 6.88.